The monoisotopic (exact) mass is 409 g/mol. The number of alkyl halides is 3. The SMILES string of the molecule is N#Cc1ccc(NC(=O)C2CSC(c3ccc(Cl)cc3)=N2)cc1C(F)(F)F. The number of thioether (sulfide) groups is 1. The Hall–Kier alpha value is -2.50. The fraction of sp³-hybridized carbons (Fsp3) is 0.167. The van der Waals surface area contributed by atoms with Crippen LogP contribution in [0, 0.1) is 11.3 Å². The van der Waals surface area contributed by atoms with Crippen molar-refractivity contribution in [3.05, 3.63) is 64.2 Å². The molecular weight excluding hydrogens is 399 g/mol. The first-order valence-corrected chi connectivity index (χ1v) is 9.03. The second-order valence-corrected chi connectivity index (χ2v) is 7.07. The minimum atomic E-state index is -4.69. The van der Waals surface area contributed by atoms with Crippen LogP contribution in [0.3, 0.4) is 0 Å². The quantitative estimate of drug-likeness (QED) is 0.796. The molecule has 0 aromatic heterocycles. The molecule has 138 valence electrons. The van der Waals surface area contributed by atoms with Gasteiger partial charge in [0.05, 0.1) is 22.2 Å². The molecule has 0 spiro atoms. The molecule has 2 aromatic carbocycles. The number of hydrogen-bond donors (Lipinski definition) is 1. The van der Waals surface area contributed by atoms with Crippen LogP contribution in [0.5, 0.6) is 0 Å². The normalized spacial score (nSPS) is 16.6. The van der Waals surface area contributed by atoms with E-state index in [1.54, 1.807) is 24.3 Å². The summed E-state index contributed by atoms with van der Waals surface area (Å²) in [7, 11) is 0. The van der Waals surface area contributed by atoms with Crippen LogP contribution in [-0.2, 0) is 11.0 Å². The Morgan fingerprint density at radius 3 is 2.59 bits per heavy atom. The van der Waals surface area contributed by atoms with Gasteiger partial charge in [0.1, 0.15) is 6.04 Å². The minimum Gasteiger partial charge on any atom is -0.324 e. The molecular formula is C18H11ClF3N3OS. The number of nitrogens with one attached hydrogen (secondary N) is 1. The van der Waals surface area contributed by atoms with E-state index >= 15 is 0 Å². The second kappa shape index (κ2) is 7.62. The van der Waals surface area contributed by atoms with Gasteiger partial charge in [0.25, 0.3) is 0 Å². The van der Waals surface area contributed by atoms with Gasteiger partial charge in [-0.15, -0.1) is 11.8 Å². The van der Waals surface area contributed by atoms with Gasteiger partial charge >= 0.3 is 6.18 Å². The third kappa shape index (κ3) is 4.43. The molecule has 4 nitrogen and oxygen atoms in total. The Morgan fingerprint density at radius 1 is 1.26 bits per heavy atom. The molecule has 0 radical (unpaired) electrons. The van der Waals surface area contributed by atoms with Crippen LogP contribution in [0.2, 0.25) is 5.02 Å². The topological polar surface area (TPSA) is 65.2 Å². The summed E-state index contributed by atoms with van der Waals surface area (Å²) < 4.78 is 39.1. The molecule has 9 heteroatoms. The van der Waals surface area contributed by atoms with E-state index < -0.39 is 29.3 Å². The zero-order valence-corrected chi connectivity index (χ0v) is 15.1. The Balaban J connectivity index is 1.76. The summed E-state index contributed by atoms with van der Waals surface area (Å²) >= 11 is 7.23. The average molecular weight is 410 g/mol. The number of nitrogens with zero attached hydrogens (tertiary/aromatic N) is 2. The Morgan fingerprint density at radius 2 is 1.96 bits per heavy atom. The number of nitriles is 1. The third-order valence-electron chi connectivity index (χ3n) is 3.76. The zero-order chi connectivity index (χ0) is 19.6. The predicted octanol–water partition coefficient (Wildman–Crippen LogP) is 4.73. The van der Waals surface area contributed by atoms with E-state index in [2.05, 4.69) is 10.3 Å². The Bertz CT molecular complexity index is 952. The lowest BCUT2D eigenvalue weighted by Gasteiger charge is -2.12. The summed E-state index contributed by atoms with van der Waals surface area (Å²) in [5.41, 5.74) is -0.808. The summed E-state index contributed by atoms with van der Waals surface area (Å²) in [4.78, 5) is 16.7. The number of amides is 1. The van der Waals surface area contributed by atoms with Crippen molar-refractivity contribution in [1.82, 2.24) is 0 Å². The smallest absolute Gasteiger partial charge is 0.324 e. The predicted molar refractivity (Wildman–Crippen MR) is 99.0 cm³/mol. The van der Waals surface area contributed by atoms with Crippen molar-refractivity contribution in [2.75, 3.05) is 11.1 Å². The van der Waals surface area contributed by atoms with Crippen molar-refractivity contribution >= 4 is 40.0 Å². The number of carbonyl (C=O) groups excluding carboxylic acids is 1. The molecule has 0 bridgehead atoms. The lowest BCUT2D eigenvalue weighted by atomic mass is 10.1. The van der Waals surface area contributed by atoms with Crippen molar-refractivity contribution in [1.29, 1.82) is 5.26 Å². The molecule has 1 amide bonds. The van der Waals surface area contributed by atoms with Crippen LogP contribution in [0.1, 0.15) is 16.7 Å². The first-order valence-electron chi connectivity index (χ1n) is 7.66. The van der Waals surface area contributed by atoms with Gasteiger partial charge < -0.3 is 5.32 Å². The van der Waals surface area contributed by atoms with Gasteiger partial charge in [0, 0.05) is 22.0 Å². The fourth-order valence-corrected chi connectivity index (χ4v) is 3.61. The number of rotatable bonds is 3. The van der Waals surface area contributed by atoms with E-state index in [0.717, 1.165) is 17.7 Å². The summed E-state index contributed by atoms with van der Waals surface area (Å²) in [5, 5.41) is 12.5. The first-order chi connectivity index (χ1) is 12.8. The van der Waals surface area contributed by atoms with E-state index in [-0.39, 0.29) is 5.69 Å². The van der Waals surface area contributed by atoms with Crippen LogP contribution in [0.4, 0.5) is 18.9 Å². The van der Waals surface area contributed by atoms with E-state index in [1.807, 2.05) is 0 Å². The molecule has 1 atom stereocenters. The molecule has 0 saturated heterocycles. The summed E-state index contributed by atoms with van der Waals surface area (Å²) in [6.07, 6.45) is -4.69. The number of hydrogen-bond acceptors (Lipinski definition) is 4. The van der Waals surface area contributed by atoms with Gasteiger partial charge in [-0.1, -0.05) is 23.7 Å². The van der Waals surface area contributed by atoms with Crippen molar-refractivity contribution in [3.8, 4) is 6.07 Å². The van der Waals surface area contributed by atoms with Crippen LogP contribution in [-0.4, -0.2) is 22.7 Å². The van der Waals surface area contributed by atoms with Gasteiger partial charge in [0.15, 0.2) is 0 Å². The van der Waals surface area contributed by atoms with E-state index in [4.69, 9.17) is 16.9 Å². The van der Waals surface area contributed by atoms with Gasteiger partial charge in [0.2, 0.25) is 5.91 Å². The van der Waals surface area contributed by atoms with Gasteiger partial charge in [-0.2, -0.15) is 18.4 Å². The molecule has 3 rings (SSSR count). The number of halogens is 4. The summed E-state index contributed by atoms with van der Waals surface area (Å²) in [6, 6.07) is 10.8. The van der Waals surface area contributed by atoms with Gasteiger partial charge in [-0.25, -0.2) is 0 Å². The maximum atomic E-state index is 13.0. The molecule has 1 N–H and O–H groups in total. The summed E-state index contributed by atoms with van der Waals surface area (Å²) in [6.45, 7) is 0. The third-order valence-corrected chi connectivity index (χ3v) is 5.11. The zero-order valence-electron chi connectivity index (χ0n) is 13.5. The highest BCUT2D eigenvalue weighted by molar-refractivity contribution is 8.14. The maximum absolute atomic E-state index is 13.0. The molecule has 0 saturated carbocycles. The molecule has 0 fully saturated rings. The molecule has 0 aliphatic carbocycles. The standard InChI is InChI=1S/C18H11ClF3N3OS/c19-12-4-1-10(2-5-12)17-25-15(9-27-17)16(26)24-13-6-3-11(8-23)14(7-13)18(20,21)22/h1-7,15H,9H2,(H,24,26). The first kappa shape index (κ1) is 19.3. The van der Waals surface area contributed by atoms with E-state index in [0.29, 0.717) is 15.8 Å². The minimum absolute atomic E-state index is 0.0357. The lowest BCUT2D eigenvalue weighted by molar-refractivity contribution is -0.137. The summed E-state index contributed by atoms with van der Waals surface area (Å²) in [5.74, 6) is -0.129. The van der Waals surface area contributed by atoms with Crippen molar-refractivity contribution < 1.29 is 18.0 Å². The van der Waals surface area contributed by atoms with Crippen LogP contribution < -0.4 is 5.32 Å². The van der Waals surface area contributed by atoms with Gasteiger partial charge in [-0.3, -0.25) is 9.79 Å². The Labute approximate surface area is 162 Å². The number of benzene rings is 2. The van der Waals surface area contributed by atoms with Crippen LogP contribution >= 0.6 is 23.4 Å². The van der Waals surface area contributed by atoms with E-state index in [1.165, 1.54) is 23.9 Å². The number of anilines is 1. The highest BCUT2D eigenvalue weighted by Gasteiger charge is 2.34. The van der Waals surface area contributed by atoms with E-state index in [9.17, 15) is 18.0 Å². The maximum Gasteiger partial charge on any atom is 0.417 e. The van der Waals surface area contributed by atoms with Gasteiger partial charge in [-0.05, 0) is 30.3 Å². The van der Waals surface area contributed by atoms with Crippen LogP contribution in [0.15, 0.2) is 47.5 Å². The van der Waals surface area contributed by atoms with Crippen LogP contribution in [0.25, 0.3) is 0 Å². The molecule has 1 heterocycles. The fourth-order valence-electron chi connectivity index (χ4n) is 2.44. The molecule has 2 aromatic rings. The largest absolute Gasteiger partial charge is 0.417 e. The highest BCUT2D eigenvalue weighted by atomic mass is 35.5. The van der Waals surface area contributed by atoms with Crippen molar-refractivity contribution in [3.63, 3.8) is 0 Å². The Kier molecular flexibility index (Phi) is 5.44. The molecule has 1 aliphatic heterocycles. The molecule has 1 unspecified atom stereocenters. The van der Waals surface area contributed by atoms with Crippen molar-refractivity contribution in [2.24, 2.45) is 4.99 Å². The lowest BCUT2D eigenvalue weighted by Crippen LogP contribution is -2.26. The number of carbonyl (C=O) groups is 1. The highest BCUT2D eigenvalue weighted by Crippen LogP contribution is 2.34. The molecule has 1 aliphatic rings. The molecule has 27 heavy (non-hydrogen) atoms. The van der Waals surface area contributed by atoms with Crippen molar-refractivity contribution in [2.45, 2.75) is 12.2 Å². The number of aliphatic imine (C=N–C) groups is 1. The average Bonchev–Trinajstić information content (AvgIpc) is 3.12. The second-order valence-electron chi connectivity index (χ2n) is 5.63.